The SMILES string of the molecule is CNS(=O)(=O)CCNC1CC(c2ccccc2F)C1. The van der Waals surface area contributed by atoms with E-state index in [1.54, 1.807) is 6.07 Å². The molecule has 1 saturated carbocycles. The zero-order valence-electron chi connectivity index (χ0n) is 10.9. The Hall–Kier alpha value is -0.980. The molecule has 1 aliphatic rings. The van der Waals surface area contributed by atoms with E-state index in [0.717, 1.165) is 18.4 Å². The summed E-state index contributed by atoms with van der Waals surface area (Å²) in [5, 5.41) is 3.19. The van der Waals surface area contributed by atoms with E-state index in [1.165, 1.54) is 13.1 Å². The van der Waals surface area contributed by atoms with Crippen molar-refractivity contribution in [2.75, 3.05) is 19.3 Å². The third kappa shape index (κ3) is 3.75. The average molecular weight is 286 g/mol. The summed E-state index contributed by atoms with van der Waals surface area (Å²) in [6.45, 7) is 0.428. The van der Waals surface area contributed by atoms with Crippen LogP contribution in [0, 0.1) is 5.82 Å². The van der Waals surface area contributed by atoms with E-state index in [0.29, 0.717) is 6.54 Å². The zero-order valence-corrected chi connectivity index (χ0v) is 11.7. The molecule has 0 aromatic heterocycles. The Morgan fingerprint density at radius 2 is 2.00 bits per heavy atom. The summed E-state index contributed by atoms with van der Waals surface area (Å²) in [5.41, 5.74) is 0.767. The van der Waals surface area contributed by atoms with Crippen LogP contribution in [0.15, 0.2) is 24.3 Å². The van der Waals surface area contributed by atoms with Gasteiger partial charge in [0.05, 0.1) is 5.75 Å². The summed E-state index contributed by atoms with van der Waals surface area (Å²) >= 11 is 0. The molecule has 2 rings (SSSR count). The Labute approximate surface area is 113 Å². The molecule has 1 aromatic carbocycles. The predicted molar refractivity (Wildman–Crippen MR) is 73.0 cm³/mol. The maximum atomic E-state index is 13.5. The number of halogens is 1. The quantitative estimate of drug-likeness (QED) is 0.826. The van der Waals surface area contributed by atoms with E-state index in [9.17, 15) is 12.8 Å². The van der Waals surface area contributed by atoms with Crippen LogP contribution in [0.3, 0.4) is 0 Å². The molecule has 0 amide bonds. The first-order chi connectivity index (χ1) is 9.02. The van der Waals surface area contributed by atoms with Crippen LogP contribution in [-0.2, 0) is 10.0 Å². The lowest BCUT2D eigenvalue weighted by Crippen LogP contribution is -2.43. The topological polar surface area (TPSA) is 58.2 Å². The van der Waals surface area contributed by atoms with Crippen LogP contribution in [0.2, 0.25) is 0 Å². The lowest BCUT2D eigenvalue weighted by atomic mass is 9.75. The summed E-state index contributed by atoms with van der Waals surface area (Å²) in [5.74, 6) is 0.174. The Morgan fingerprint density at radius 3 is 2.63 bits per heavy atom. The van der Waals surface area contributed by atoms with Gasteiger partial charge in [0.1, 0.15) is 5.82 Å². The molecule has 19 heavy (non-hydrogen) atoms. The summed E-state index contributed by atoms with van der Waals surface area (Å²) in [6, 6.07) is 7.13. The van der Waals surface area contributed by atoms with Gasteiger partial charge in [-0.3, -0.25) is 0 Å². The average Bonchev–Trinajstić information content (AvgIpc) is 2.33. The molecule has 1 fully saturated rings. The van der Waals surface area contributed by atoms with Crippen LogP contribution in [0.4, 0.5) is 4.39 Å². The fraction of sp³-hybridized carbons (Fsp3) is 0.538. The molecule has 2 N–H and O–H groups in total. The number of benzene rings is 1. The smallest absolute Gasteiger partial charge is 0.212 e. The number of hydrogen-bond donors (Lipinski definition) is 2. The molecule has 0 saturated heterocycles. The van der Waals surface area contributed by atoms with Crippen molar-refractivity contribution in [2.45, 2.75) is 24.8 Å². The van der Waals surface area contributed by atoms with Crippen molar-refractivity contribution < 1.29 is 12.8 Å². The monoisotopic (exact) mass is 286 g/mol. The second-order valence-corrected chi connectivity index (χ2v) is 6.91. The van der Waals surface area contributed by atoms with Crippen LogP contribution in [-0.4, -0.2) is 33.8 Å². The minimum Gasteiger partial charge on any atom is -0.313 e. The predicted octanol–water partition coefficient (Wildman–Crippen LogP) is 1.21. The highest BCUT2D eigenvalue weighted by atomic mass is 32.2. The van der Waals surface area contributed by atoms with Crippen molar-refractivity contribution >= 4 is 10.0 Å². The van der Waals surface area contributed by atoms with Gasteiger partial charge in [0, 0.05) is 12.6 Å². The minimum atomic E-state index is -3.14. The van der Waals surface area contributed by atoms with Crippen molar-refractivity contribution in [3.63, 3.8) is 0 Å². The molecule has 1 aliphatic carbocycles. The van der Waals surface area contributed by atoms with Gasteiger partial charge in [-0.15, -0.1) is 0 Å². The lowest BCUT2D eigenvalue weighted by Gasteiger charge is -2.36. The third-order valence-electron chi connectivity index (χ3n) is 3.60. The van der Waals surface area contributed by atoms with Gasteiger partial charge >= 0.3 is 0 Å². The molecule has 0 unspecified atom stereocenters. The largest absolute Gasteiger partial charge is 0.313 e. The Morgan fingerprint density at radius 1 is 1.32 bits per heavy atom. The van der Waals surface area contributed by atoms with Crippen molar-refractivity contribution in [1.29, 1.82) is 0 Å². The molecular weight excluding hydrogens is 267 g/mol. The van der Waals surface area contributed by atoms with Gasteiger partial charge in [0.15, 0.2) is 0 Å². The maximum absolute atomic E-state index is 13.5. The fourth-order valence-electron chi connectivity index (χ4n) is 2.34. The van der Waals surface area contributed by atoms with Crippen molar-refractivity contribution in [1.82, 2.24) is 10.0 Å². The van der Waals surface area contributed by atoms with Crippen LogP contribution in [0.5, 0.6) is 0 Å². The van der Waals surface area contributed by atoms with Gasteiger partial charge < -0.3 is 5.32 Å². The Bertz CT molecular complexity index is 527. The summed E-state index contributed by atoms with van der Waals surface area (Å²) in [7, 11) is -1.73. The first kappa shape index (κ1) is 14.4. The first-order valence-electron chi connectivity index (χ1n) is 6.41. The van der Waals surface area contributed by atoms with E-state index in [4.69, 9.17) is 0 Å². The van der Waals surface area contributed by atoms with Gasteiger partial charge in [-0.25, -0.2) is 17.5 Å². The van der Waals surface area contributed by atoms with Crippen LogP contribution in [0.1, 0.15) is 24.3 Å². The van der Waals surface area contributed by atoms with Crippen LogP contribution < -0.4 is 10.0 Å². The molecule has 0 spiro atoms. The van der Waals surface area contributed by atoms with Gasteiger partial charge in [-0.2, -0.15) is 0 Å². The van der Waals surface area contributed by atoms with E-state index in [2.05, 4.69) is 10.0 Å². The molecule has 0 heterocycles. The zero-order chi connectivity index (χ0) is 13.9. The standard InChI is InChI=1S/C13H19FN2O2S/c1-15-19(17,18)7-6-16-11-8-10(9-11)12-4-2-3-5-13(12)14/h2-5,10-11,15-16H,6-9H2,1H3. The fourth-order valence-corrected chi connectivity index (χ4v) is 2.93. The summed E-state index contributed by atoms with van der Waals surface area (Å²) < 4.78 is 38.2. The summed E-state index contributed by atoms with van der Waals surface area (Å²) in [4.78, 5) is 0. The molecule has 0 radical (unpaired) electrons. The highest BCUT2D eigenvalue weighted by Crippen LogP contribution is 2.37. The van der Waals surface area contributed by atoms with Gasteiger partial charge in [-0.1, -0.05) is 18.2 Å². The van der Waals surface area contributed by atoms with Crippen molar-refractivity contribution in [3.8, 4) is 0 Å². The molecule has 106 valence electrons. The van der Waals surface area contributed by atoms with E-state index in [1.807, 2.05) is 12.1 Å². The highest BCUT2D eigenvalue weighted by Gasteiger charge is 2.31. The highest BCUT2D eigenvalue weighted by molar-refractivity contribution is 7.89. The molecule has 4 nitrogen and oxygen atoms in total. The number of hydrogen-bond acceptors (Lipinski definition) is 3. The first-order valence-corrected chi connectivity index (χ1v) is 8.06. The molecule has 0 aliphatic heterocycles. The summed E-state index contributed by atoms with van der Waals surface area (Å²) in [6.07, 6.45) is 1.72. The van der Waals surface area contributed by atoms with Gasteiger partial charge in [0.2, 0.25) is 10.0 Å². The number of nitrogens with one attached hydrogen (secondary N) is 2. The van der Waals surface area contributed by atoms with Gasteiger partial charge in [0.25, 0.3) is 0 Å². The van der Waals surface area contributed by atoms with Gasteiger partial charge in [-0.05, 0) is 37.4 Å². The number of sulfonamides is 1. The normalized spacial score (nSPS) is 23.1. The molecule has 0 atom stereocenters. The lowest BCUT2D eigenvalue weighted by molar-refractivity contribution is 0.290. The van der Waals surface area contributed by atoms with Crippen molar-refractivity contribution in [2.24, 2.45) is 0 Å². The Balaban J connectivity index is 1.74. The van der Waals surface area contributed by atoms with E-state index < -0.39 is 10.0 Å². The molecular formula is C13H19FN2O2S. The van der Waals surface area contributed by atoms with Crippen molar-refractivity contribution in [3.05, 3.63) is 35.6 Å². The second kappa shape index (κ2) is 5.98. The second-order valence-electron chi connectivity index (χ2n) is 4.86. The maximum Gasteiger partial charge on any atom is 0.212 e. The third-order valence-corrected chi connectivity index (χ3v) is 4.96. The Kier molecular flexibility index (Phi) is 4.54. The minimum absolute atomic E-state index is 0.0738. The molecule has 1 aromatic rings. The van der Waals surface area contributed by atoms with E-state index in [-0.39, 0.29) is 23.5 Å². The molecule has 6 heteroatoms. The van der Waals surface area contributed by atoms with Crippen LogP contribution in [0.25, 0.3) is 0 Å². The van der Waals surface area contributed by atoms with Crippen LogP contribution >= 0.6 is 0 Å². The van der Waals surface area contributed by atoms with E-state index >= 15 is 0 Å². The molecule has 0 bridgehead atoms. The number of rotatable bonds is 6.